The second-order valence-corrected chi connectivity index (χ2v) is 8.89. The van der Waals surface area contributed by atoms with Crippen LogP contribution < -0.4 is 20.4 Å². The Morgan fingerprint density at radius 3 is 2.51 bits per heavy atom. The molecule has 2 N–H and O–H groups in total. The second kappa shape index (κ2) is 10.2. The van der Waals surface area contributed by atoms with Gasteiger partial charge in [0.2, 0.25) is 5.95 Å². The van der Waals surface area contributed by atoms with E-state index in [4.69, 9.17) is 11.6 Å². The summed E-state index contributed by atoms with van der Waals surface area (Å²) in [6, 6.07) is 14.3. The fraction of sp³-hybridized carbons (Fsp3) is 0.115. The van der Waals surface area contributed by atoms with E-state index < -0.39 is 23.7 Å². The van der Waals surface area contributed by atoms with E-state index in [2.05, 4.69) is 25.6 Å². The van der Waals surface area contributed by atoms with Crippen molar-refractivity contribution < 1.29 is 22.8 Å². The van der Waals surface area contributed by atoms with Crippen LogP contribution in [-0.4, -0.2) is 33.9 Å². The lowest BCUT2D eigenvalue weighted by Gasteiger charge is -2.34. The summed E-state index contributed by atoms with van der Waals surface area (Å²) in [5.41, 5.74) is 0.594. The molecule has 0 fully saturated rings. The highest BCUT2D eigenvalue weighted by Gasteiger charge is 2.33. The summed E-state index contributed by atoms with van der Waals surface area (Å²) < 4.78 is 39.1. The molecule has 0 unspecified atom stereocenters. The molecule has 0 saturated carbocycles. The number of alkyl halides is 3. The molecule has 3 amide bonds. The van der Waals surface area contributed by atoms with Gasteiger partial charge in [-0.2, -0.15) is 18.2 Å². The van der Waals surface area contributed by atoms with E-state index >= 15 is 0 Å². The Morgan fingerprint density at radius 2 is 1.77 bits per heavy atom. The Bertz CT molecular complexity index is 1570. The summed E-state index contributed by atoms with van der Waals surface area (Å²) in [5, 5.41) is 5.58. The molecular weight excluding hydrogens is 535 g/mol. The topological polar surface area (TPSA) is 103 Å². The fourth-order valence-corrected chi connectivity index (χ4v) is 4.15. The van der Waals surface area contributed by atoms with E-state index in [0.717, 1.165) is 23.9 Å². The van der Waals surface area contributed by atoms with Gasteiger partial charge in [0.25, 0.3) is 5.91 Å². The van der Waals surface area contributed by atoms with Crippen molar-refractivity contribution in [2.75, 3.05) is 27.5 Å². The Morgan fingerprint density at radius 1 is 1.00 bits per heavy atom. The zero-order valence-electron chi connectivity index (χ0n) is 20.2. The number of aromatic nitrogens is 3. The molecule has 0 radical (unpaired) electrons. The number of rotatable bonds is 5. The molecule has 1 aliphatic heterocycles. The van der Waals surface area contributed by atoms with Gasteiger partial charge < -0.3 is 10.6 Å². The van der Waals surface area contributed by atoms with Crippen LogP contribution >= 0.6 is 11.6 Å². The molecule has 0 saturated heterocycles. The van der Waals surface area contributed by atoms with Crippen LogP contribution in [0.3, 0.4) is 0 Å². The number of urea groups is 1. The Kier molecular flexibility index (Phi) is 6.79. The predicted molar refractivity (Wildman–Crippen MR) is 140 cm³/mol. The van der Waals surface area contributed by atoms with Crippen LogP contribution in [0.15, 0.2) is 73.1 Å². The van der Waals surface area contributed by atoms with Gasteiger partial charge in [-0.25, -0.2) is 14.8 Å². The van der Waals surface area contributed by atoms with E-state index in [0.29, 0.717) is 17.3 Å². The first-order valence-electron chi connectivity index (χ1n) is 11.5. The minimum Gasteiger partial charge on any atom is -0.324 e. The molecule has 13 heteroatoms. The monoisotopic (exact) mass is 553 g/mol. The molecular formula is C26H19ClF3N7O2. The van der Waals surface area contributed by atoms with Crippen LogP contribution in [0.2, 0.25) is 5.15 Å². The quantitative estimate of drug-likeness (QED) is 0.289. The highest BCUT2D eigenvalue weighted by molar-refractivity contribution is 6.33. The molecule has 1 aliphatic rings. The van der Waals surface area contributed by atoms with Crippen LogP contribution in [0, 0.1) is 0 Å². The fourth-order valence-electron chi connectivity index (χ4n) is 3.94. The number of amides is 3. The molecule has 39 heavy (non-hydrogen) atoms. The lowest BCUT2D eigenvalue weighted by molar-refractivity contribution is -0.137. The van der Waals surface area contributed by atoms with Crippen molar-refractivity contribution in [2.45, 2.75) is 12.7 Å². The number of anilines is 5. The molecule has 0 atom stereocenters. The molecule has 4 aromatic rings. The summed E-state index contributed by atoms with van der Waals surface area (Å²) in [6.45, 7) is 0.0660. The molecule has 2 aromatic heterocycles. The first-order chi connectivity index (χ1) is 18.6. The van der Waals surface area contributed by atoms with Gasteiger partial charge >= 0.3 is 12.2 Å². The van der Waals surface area contributed by atoms with E-state index in [1.54, 1.807) is 13.2 Å². The van der Waals surface area contributed by atoms with E-state index in [-0.39, 0.29) is 28.6 Å². The number of benzene rings is 2. The standard InChI is InChI=1S/C26H19ClF3N7O2/c1-36-22-16(12-32-24(35-22)34-18-8-3-2-4-9-18)14-37(25(36)39)20-11-19(13-31-21(20)27)33-23(38)15-6-5-7-17(10-15)26(28,29)30/h2-13H,14H2,1H3,(H,33,38)(H,32,34,35). The van der Waals surface area contributed by atoms with Crippen molar-refractivity contribution in [3.63, 3.8) is 0 Å². The van der Waals surface area contributed by atoms with Gasteiger partial charge in [0.15, 0.2) is 5.15 Å². The van der Waals surface area contributed by atoms with E-state index in [1.165, 1.54) is 28.1 Å². The van der Waals surface area contributed by atoms with Gasteiger partial charge in [0, 0.05) is 30.1 Å². The van der Waals surface area contributed by atoms with Gasteiger partial charge in [-0.3, -0.25) is 14.6 Å². The van der Waals surface area contributed by atoms with Crippen molar-refractivity contribution in [2.24, 2.45) is 0 Å². The zero-order chi connectivity index (χ0) is 27.7. The average Bonchev–Trinajstić information content (AvgIpc) is 2.92. The number of hydrogen-bond acceptors (Lipinski definition) is 6. The summed E-state index contributed by atoms with van der Waals surface area (Å²) in [5.74, 6) is -0.0646. The van der Waals surface area contributed by atoms with Crippen LogP contribution in [-0.2, 0) is 12.7 Å². The minimum atomic E-state index is -4.59. The molecule has 0 aliphatic carbocycles. The number of nitrogens with zero attached hydrogens (tertiary/aromatic N) is 5. The molecule has 9 nitrogen and oxygen atoms in total. The first kappa shape index (κ1) is 25.9. The maximum Gasteiger partial charge on any atom is 0.416 e. The number of pyridine rings is 1. The summed E-state index contributed by atoms with van der Waals surface area (Å²) in [4.78, 5) is 41.5. The molecule has 2 aromatic carbocycles. The van der Waals surface area contributed by atoms with Gasteiger partial charge in [-0.15, -0.1) is 0 Å². The number of carbonyl (C=O) groups is 2. The number of nitrogens with one attached hydrogen (secondary N) is 2. The van der Waals surface area contributed by atoms with Crippen molar-refractivity contribution in [1.82, 2.24) is 15.0 Å². The lowest BCUT2D eigenvalue weighted by Crippen LogP contribution is -2.46. The number of para-hydroxylation sites is 1. The summed E-state index contributed by atoms with van der Waals surface area (Å²) in [7, 11) is 1.55. The third kappa shape index (κ3) is 5.46. The van der Waals surface area contributed by atoms with Crippen molar-refractivity contribution >= 4 is 52.4 Å². The predicted octanol–water partition coefficient (Wildman–Crippen LogP) is 6.12. The average molecular weight is 554 g/mol. The SMILES string of the molecule is CN1C(=O)N(c2cc(NC(=O)c3cccc(C(F)(F)F)c3)cnc2Cl)Cc2cnc(Nc3ccccc3)nc21. The number of halogens is 4. The van der Waals surface area contributed by atoms with Crippen molar-refractivity contribution in [3.8, 4) is 0 Å². The van der Waals surface area contributed by atoms with Crippen LogP contribution in [0.5, 0.6) is 0 Å². The smallest absolute Gasteiger partial charge is 0.324 e. The number of fused-ring (bicyclic) bond motifs is 1. The van der Waals surface area contributed by atoms with Crippen LogP contribution in [0.4, 0.5) is 46.8 Å². The Labute approximate surface area is 225 Å². The minimum absolute atomic E-state index is 0.0134. The molecule has 3 heterocycles. The highest BCUT2D eigenvalue weighted by Crippen LogP contribution is 2.35. The third-order valence-electron chi connectivity index (χ3n) is 5.86. The van der Waals surface area contributed by atoms with E-state index in [1.807, 2.05) is 30.3 Å². The maximum absolute atomic E-state index is 13.3. The molecule has 0 bridgehead atoms. The van der Waals surface area contributed by atoms with Crippen molar-refractivity contribution in [3.05, 3.63) is 94.9 Å². The maximum atomic E-state index is 13.3. The van der Waals surface area contributed by atoms with Crippen LogP contribution in [0.25, 0.3) is 0 Å². The molecule has 5 rings (SSSR count). The Hall–Kier alpha value is -4.71. The summed E-state index contributed by atoms with van der Waals surface area (Å²) >= 11 is 6.31. The normalized spacial score (nSPS) is 13.2. The summed E-state index contributed by atoms with van der Waals surface area (Å²) in [6.07, 6.45) is -1.76. The number of carbonyl (C=O) groups excluding carboxylic acids is 2. The van der Waals surface area contributed by atoms with Gasteiger partial charge in [0.05, 0.1) is 29.7 Å². The lowest BCUT2D eigenvalue weighted by atomic mass is 10.1. The second-order valence-electron chi connectivity index (χ2n) is 8.53. The zero-order valence-corrected chi connectivity index (χ0v) is 21.0. The number of hydrogen-bond donors (Lipinski definition) is 2. The largest absolute Gasteiger partial charge is 0.416 e. The highest BCUT2D eigenvalue weighted by atomic mass is 35.5. The Balaban J connectivity index is 1.38. The van der Waals surface area contributed by atoms with Crippen molar-refractivity contribution in [1.29, 1.82) is 0 Å². The van der Waals surface area contributed by atoms with Gasteiger partial charge in [-0.1, -0.05) is 35.9 Å². The molecule has 198 valence electrons. The van der Waals surface area contributed by atoms with Gasteiger partial charge in [0.1, 0.15) is 5.82 Å². The third-order valence-corrected chi connectivity index (χ3v) is 6.15. The first-order valence-corrected chi connectivity index (χ1v) is 11.9. The van der Waals surface area contributed by atoms with E-state index in [9.17, 15) is 22.8 Å². The molecule has 0 spiro atoms. The van der Waals surface area contributed by atoms with Gasteiger partial charge in [-0.05, 0) is 36.4 Å². The van der Waals surface area contributed by atoms with Crippen LogP contribution in [0.1, 0.15) is 21.5 Å².